The lowest BCUT2D eigenvalue weighted by molar-refractivity contribution is -0.384. The molecular formula is C15H19N5O5. The van der Waals surface area contributed by atoms with Crippen LogP contribution in [0.1, 0.15) is 25.6 Å². The Bertz CT molecular complexity index is 761. The third-order valence-electron chi connectivity index (χ3n) is 3.42. The van der Waals surface area contributed by atoms with Crippen molar-refractivity contribution in [3.8, 4) is 11.4 Å². The summed E-state index contributed by atoms with van der Waals surface area (Å²) in [5.41, 5.74) is 0.458. The number of hydrogen-bond donors (Lipinski definition) is 2. The minimum absolute atomic E-state index is 0.0866. The Labute approximate surface area is 143 Å². The predicted molar refractivity (Wildman–Crippen MR) is 88.1 cm³/mol. The van der Waals surface area contributed by atoms with Crippen LogP contribution in [-0.4, -0.2) is 43.5 Å². The summed E-state index contributed by atoms with van der Waals surface area (Å²) in [5, 5.41) is 26.2. The van der Waals surface area contributed by atoms with E-state index in [0.29, 0.717) is 30.1 Å². The van der Waals surface area contributed by atoms with E-state index in [9.17, 15) is 14.9 Å². The number of hydrogen-bond acceptors (Lipinski definition) is 6. The summed E-state index contributed by atoms with van der Waals surface area (Å²) >= 11 is 0. The first-order valence-corrected chi connectivity index (χ1v) is 7.66. The maximum atomic E-state index is 11.0. The number of nitro benzene ring substituents is 1. The number of benzene rings is 1. The topological polar surface area (TPSA) is 132 Å². The molecule has 0 aliphatic heterocycles. The first-order valence-electron chi connectivity index (χ1n) is 7.66. The molecule has 2 rings (SSSR count). The van der Waals surface area contributed by atoms with E-state index in [1.807, 2.05) is 0 Å². The average molecular weight is 349 g/mol. The standard InChI is InChI=1S/C15H19N5O5/c1-10(17-15(21)22)4-3-7-25-14-8-12(20(23)24)5-6-13(14)19-9-16-11(2)18-19/h5-6,8-10,17H,3-4,7H2,1-2H3,(H,21,22). The van der Waals surface area contributed by atoms with Crippen LogP contribution in [0.4, 0.5) is 10.5 Å². The van der Waals surface area contributed by atoms with E-state index in [2.05, 4.69) is 15.4 Å². The normalized spacial score (nSPS) is 11.8. The Balaban J connectivity index is 2.07. The zero-order valence-electron chi connectivity index (χ0n) is 13.9. The molecule has 134 valence electrons. The lowest BCUT2D eigenvalue weighted by Gasteiger charge is -2.13. The molecule has 2 N–H and O–H groups in total. The molecule has 1 aromatic heterocycles. The largest absolute Gasteiger partial charge is 0.491 e. The third-order valence-corrected chi connectivity index (χ3v) is 3.42. The van der Waals surface area contributed by atoms with Crippen LogP contribution in [0.15, 0.2) is 24.5 Å². The molecule has 0 saturated carbocycles. The molecular weight excluding hydrogens is 330 g/mol. The van der Waals surface area contributed by atoms with Gasteiger partial charge in [-0.15, -0.1) is 0 Å². The Kier molecular flexibility index (Phi) is 5.88. The highest BCUT2D eigenvalue weighted by Gasteiger charge is 2.14. The number of nitro groups is 1. The molecule has 2 aromatic rings. The van der Waals surface area contributed by atoms with Crippen molar-refractivity contribution >= 4 is 11.8 Å². The van der Waals surface area contributed by atoms with Gasteiger partial charge in [-0.2, -0.15) is 5.10 Å². The van der Waals surface area contributed by atoms with Gasteiger partial charge in [-0.3, -0.25) is 10.1 Å². The maximum Gasteiger partial charge on any atom is 0.404 e. The van der Waals surface area contributed by atoms with Gasteiger partial charge in [-0.1, -0.05) is 0 Å². The van der Waals surface area contributed by atoms with Gasteiger partial charge in [0, 0.05) is 12.1 Å². The quantitative estimate of drug-likeness (QED) is 0.424. The van der Waals surface area contributed by atoms with Crippen LogP contribution in [0.5, 0.6) is 5.75 Å². The van der Waals surface area contributed by atoms with Gasteiger partial charge >= 0.3 is 6.09 Å². The van der Waals surface area contributed by atoms with Crippen molar-refractivity contribution in [2.45, 2.75) is 32.7 Å². The molecule has 1 amide bonds. The van der Waals surface area contributed by atoms with Crippen molar-refractivity contribution in [1.82, 2.24) is 20.1 Å². The number of ether oxygens (including phenoxy) is 1. The number of non-ortho nitro benzene ring substituents is 1. The molecule has 0 fully saturated rings. The maximum absolute atomic E-state index is 11.0. The molecule has 0 aliphatic rings. The van der Waals surface area contributed by atoms with Gasteiger partial charge in [-0.05, 0) is 32.8 Å². The first kappa shape index (κ1) is 18.2. The van der Waals surface area contributed by atoms with E-state index < -0.39 is 11.0 Å². The van der Waals surface area contributed by atoms with Crippen molar-refractivity contribution in [3.63, 3.8) is 0 Å². The van der Waals surface area contributed by atoms with Crippen LogP contribution in [0.3, 0.4) is 0 Å². The van der Waals surface area contributed by atoms with Crippen molar-refractivity contribution < 1.29 is 19.6 Å². The molecule has 1 atom stereocenters. The summed E-state index contributed by atoms with van der Waals surface area (Å²) in [5.74, 6) is 0.885. The van der Waals surface area contributed by atoms with E-state index in [0.717, 1.165) is 0 Å². The number of amides is 1. The zero-order valence-corrected chi connectivity index (χ0v) is 13.9. The van der Waals surface area contributed by atoms with E-state index in [1.54, 1.807) is 19.9 Å². The molecule has 1 unspecified atom stereocenters. The van der Waals surface area contributed by atoms with Crippen LogP contribution in [0, 0.1) is 17.0 Å². The summed E-state index contributed by atoms with van der Waals surface area (Å²) in [7, 11) is 0. The van der Waals surface area contributed by atoms with Crippen LogP contribution in [0.2, 0.25) is 0 Å². The third kappa shape index (κ3) is 5.16. The number of carboxylic acid groups (broad SMARTS) is 1. The molecule has 0 bridgehead atoms. The number of nitrogens with zero attached hydrogens (tertiary/aromatic N) is 4. The number of rotatable bonds is 8. The van der Waals surface area contributed by atoms with Crippen molar-refractivity contribution in [3.05, 3.63) is 40.5 Å². The summed E-state index contributed by atoms with van der Waals surface area (Å²) < 4.78 is 7.17. The molecule has 10 nitrogen and oxygen atoms in total. The highest BCUT2D eigenvalue weighted by Crippen LogP contribution is 2.27. The van der Waals surface area contributed by atoms with E-state index in [1.165, 1.54) is 23.1 Å². The Morgan fingerprint density at radius 2 is 2.28 bits per heavy atom. The van der Waals surface area contributed by atoms with Crippen LogP contribution in [0.25, 0.3) is 5.69 Å². The van der Waals surface area contributed by atoms with Gasteiger partial charge in [-0.25, -0.2) is 14.5 Å². The van der Waals surface area contributed by atoms with Crippen LogP contribution in [-0.2, 0) is 0 Å². The van der Waals surface area contributed by atoms with Crippen LogP contribution >= 0.6 is 0 Å². The number of aryl methyl sites for hydroxylation is 1. The van der Waals surface area contributed by atoms with Crippen LogP contribution < -0.4 is 10.1 Å². The minimum atomic E-state index is -1.07. The zero-order chi connectivity index (χ0) is 18.4. The SMILES string of the molecule is Cc1ncn(-c2ccc([N+](=O)[O-])cc2OCCCC(C)NC(=O)O)n1. The molecule has 10 heteroatoms. The Hall–Kier alpha value is -3.17. The first-order chi connectivity index (χ1) is 11.9. The second-order valence-electron chi connectivity index (χ2n) is 5.49. The second kappa shape index (κ2) is 8.08. The highest BCUT2D eigenvalue weighted by atomic mass is 16.6. The highest BCUT2D eigenvalue weighted by molar-refractivity contribution is 5.64. The number of aromatic nitrogens is 3. The number of nitrogens with one attached hydrogen (secondary N) is 1. The van der Waals surface area contributed by atoms with Gasteiger partial charge < -0.3 is 15.2 Å². The van der Waals surface area contributed by atoms with Gasteiger partial charge in [0.2, 0.25) is 0 Å². The summed E-state index contributed by atoms with van der Waals surface area (Å²) in [6, 6.07) is 4.06. The molecule has 1 heterocycles. The second-order valence-corrected chi connectivity index (χ2v) is 5.49. The summed E-state index contributed by atoms with van der Waals surface area (Å²) in [6.07, 6.45) is 1.59. The molecule has 0 spiro atoms. The lowest BCUT2D eigenvalue weighted by Crippen LogP contribution is -2.31. The Morgan fingerprint density at radius 3 is 2.88 bits per heavy atom. The van der Waals surface area contributed by atoms with Gasteiger partial charge in [0.1, 0.15) is 17.8 Å². The molecule has 25 heavy (non-hydrogen) atoms. The molecule has 0 saturated heterocycles. The number of carbonyl (C=O) groups is 1. The van der Waals surface area contributed by atoms with Crippen molar-refractivity contribution in [2.75, 3.05) is 6.61 Å². The van der Waals surface area contributed by atoms with E-state index in [-0.39, 0.29) is 18.3 Å². The molecule has 0 radical (unpaired) electrons. The predicted octanol–water partition coefficient (Wildman–Crippen LogP) is 2.30. The van der Waals surface area contributed by atoms with Gasteiger partial charge in [0.15, 0.2) is 5.75 Å². The fourth-order valence-corrected chi connectivity index (χ4v) is 2.24. The Morgan fingerprint density at radius 1 is 1.52 bits per heavy atom. The molecule has 1 aromatic carbocycles. The monoisotopic (exact) mass is 349 g/mol. The molecule has 0 aliphatic carbocycles. The fraction of sp³-hybridized carbons (Fsp3) is 0.400. The van der Waals surface area contributed by atoms with Crippen molar-refractivity contribution in [1.29, 1.82) is 0 Å². The minimum Gasteiger partial charge on any atom is -0.491 e. The van der Waals surface area contributed by atoms with E-state index >= 15 is 0 Å². The average Bonchev–Trinajstić information content (AvgIpc) is 2.97. The van der Waals surface area contributed by atoms with Gasteiger partial charge in [0.05, 0.1) is 17.6 Å². The van der Waals surface area contributed by atoms with E-state index in [4.69, 9.17) is 9.84 Å². The smallest absolute Gasteiger partial charge is 0.404 e. The lowest BCUT2D eigenvalue weighted by atomic mass is 10.2. The fourth-order valence-electron chi connectivity index (χ4n) is 2.24. The summed E-state index contributed by atoms with van der Waals surface area (Å²) in [4.78, 5) is 25.1. The summed E-state index contributed by atoms with van der Waals surface area (Å²) in [6.45, 7) is 3.78. The van der Waals surface area contributed by atoms with Gasteiger partial charge in [0.25, 0.3) is 5.69 Å². The van der Waals surface area contributed by atoms with Crippen molar-refractivity contribution in [2.24, 2.45) is 0 Å².